The topological polar surface area (TPSA) is 96.2 Å². The molecule has 0 aromatic carbocycles. The van der Waals surface area contributed by atoms with Gasteiger partial charge in [0.15, 0.2) is 6.04 Å². The van der Waals surface area contributed by atoms with Crippen LogP contribution in [0.5, 0.6) is 0 Å². The van der Waals surface area contributed by atoms with E-state index in [-0.39, 0.29) is 6.04 Å². The van der Waals surface area contributed by atoms with Crippen LogP contribution in [0.15, 0.2) is 12.4 Å². The van der Waals surface area contributed by atoms with Crippen molar-refractivity contribution in [3.63, 3.8) is 0 Å². The van der Waals surface area contributed by atoms with Gasteiger partial charge in [0.25, 0.3) is 0 Å². The number of nitrogens with zero attached hydrogens (tertiary/aromatic N) is 2. The van der Waals surface area contributed by atoms with Gasteiger partial charge in [-0.05, 0) is 24.9 Å². The molecule has 0 saturated carbocycles. The minimum absolute atomic E-state index is 0.00704. The lowest BCUT2D eigenvalue weighted by Crippen LogP contribution is -2.44. The van der Waals surface area contributed by atoms with E-state index in [2.05, 4.69) is 22.7 Å². The third-order valence-electron chi connectivity index (χ3n) is 2.86. The molecule has 0 aliphatic rings. The number of amides is 2. The highest BCUT2D eigenvalue weighted by molar-refractivity contribution is 7.99. The third kappa shape index (κ3) is 6.07. The Morgan fingerprint density at radius 3 is 2.71 bits per heavy atom. The molecular weight excluding hydrogens is 292 g/mol. The summed E-state index contributed by atoms with van der Waals surface area (Å²) in [5.74, 6) is 0.886. The van der Waals surface area contributed by atoms with Gasteiger partial charge in [-0.2, -0.15) is 16.9 Å². The number of carbonyl (C=O) groups excluding carboxylic acids is 1. The van der Waals surface area contributed by atoms with Crippen molar-refractivity contribution in [3.8, 4) is 0 Å². The molecule has 8 heteroatoms. The van der Waals surface area contributed by atoms with Crippen molar-refractivity contribution in [2.24, 2.45) is 7.05 Å². The molecule has 2 atom stereocenters. The molecule has 0 saturated heterocycles. The van der Waals surface area contributed by atoms with Gasteiger partial charge in [-0.25, -0.2) is 9.59 Å². The maximum absolute atomic E-state index is 11.9. The van der Waals surface area contributed by atoms with Crippen molar-refractivity contribution in [1.29, 1.82) is 0 Å². The van der Waals surface area contributed by atoms with Gasteiger partial charge in [-0.15, -0.1) is 0 Å². The fraction of sp³-hybridized carbons (Fsp3) is 0.615. The molecule has 1 heterocycles. The van der Waals surface area contributed by atoms with Crippen molar-refractivity contribution in [2.45, 2.75) is 32.4 Å². The van der Waals surface area contributed by atoms with E-state index in [1.165, 1.54) is 10.9 Å². The average Bonchev–Trinajstić information content (AvgIpc) is 2.82. The fourth-order valence-electron chi connectivity index (χ4n) is 1.75. The fourth-order valence-corrected chi connectivity index (χ4v) is 2.56. The predicted octanol–water partition coefficient (Wildman–Crippen LogP) is 1.38. The number of aryl methyl sites for hydroxylation is 1. The van der Waals surface area contributed by atoms with Crippen LogP contribution in [0.25, 0.3) is 0 Å². The zero-order valence-electron chi connectivity index (χ0n) is 12.5. The van der Waals surface area contributed by atoms with Crippen molar-refractivity contribution in [1.82, 2.24) is 20.4 Å². The van der Waals surface area contributed by atoms with E-state index in [0.29, 0.717) is 5.56 Å². The van der Waals surface area contributed by atoms with Gasteiger partial charge < -0.3 is 15.7 Å². The number of hydrogen-bond acceptors (Lipinski definition) is 4. The number of urea groups is 1. The highest BCUT2D eigenvalue weighted by Crippen LogP contribution is 2.12. The molecule has 3 N–H and O–H groups in total. The Labute approximate surface area is 128 Å². The molecule has 7 nitrogen and oxygen atoms in total. The molecule has 1 aromatic heterocycles. The van der Waals surface area contributed by atoms with E-state index >= 15 is 0 Å². The van der Waals surface area contributed by atoms with Gasteiger partial charge in [0, 0.05) is 24.8 Å². The Balaban J connectivity index is 2.52. The van der Waals surface area contributed by atoms with Crippen molar-refractivity contribution >= 4 is 23.8 Å². The zero-order valence-corrected chi connectivity index (χ0v) is 13.3. The highest BCUT2D eigenvalue weighted by Gasteiger charge is 2.23. The van der Waals surface area contributed by atoms with E-state index in [4.69, 9.17) is 0 Å². The molecule has 2 amide bonds. The number of carboxylic acid groups (broad SMARTS) is 1. The van der Waals surface area contributed by atoms with Crippen LogP contribution in [0, 0.1) is 0 Å². The maximum Gasteiger partial charge on any atom is 0.331 e. The molecule has 0 radical (unpaired) electrons. The molecule has 118 valence electrons. The molecule has 0 aliphatic heterocycles. The summed E-state index contributed by atoms with van der Waals surface area (Å²) in [6.45, 7) is 3.98. The number of thioether (sulfide) groups is 1. The first-order chi connectivity index (χ1) is 9.93. The maximum atomic E-state index is 11.9. The van der Waals surface area contributed by atoms with E-state index in [9.17, 15) is 14.7 Å². The second-order valence-electron chi connectivity index (χ2n) is 4.72. The number of aromatic nitrogens is 2. The zero-order chi connectivity index (χ0) is 15.8. The quantitative estimate of drug-likeness (QED) is 0.630. The van der Waals surface area contributed by atoms with Gasteiger partial charge in [-0.1, -0.05) is 6.92 Å². The van der Waals surface area contributed by atoms with Crippen LogP contribution in [-0.4, -0.2) is 44.4 Å². The highest BCUT2D eigenvalue weighted by atomic mass is 32.2. The third-order valence-corrected chi connectivity index (χ3v) is 3.79. The monoisotopic (exact) mass is 314 g/mol. The second-order valence-corrected chi connectivity index (χ2v) is 6.12. The minimum atomic E-state index is -1.12. The van der Waals surface area contributed by atoms with Gasteiger partial charge >= 0.3 is 12.0 Å². The Morgan fingerprint density at radius 2 is 2.19 bits per heavy atom. The Bertz CT molecular complexity index is 478. The summed E-state index contributed by atoms with van der Waals surface area (Å²) in [7, 11) is 1.69. The van der Waals surface area contributed by atoms with Crippen LogP contribution >= 0.6 is 11.8 Å². The van der Waals surface area contributed by atoms with Crippen LogP contribution in [0.4, 0.5) is 4.79 Å². The first kappa shape index (κ1) is 17.4. The smallest absolute Gasteiger partial charge is 0.331 e. The van der Waals surface area contributed by atoms with E-state index in [1.54, 1.807) is 25.0 Å². The Morgan fingerprint density at radius 1 is 1.48 bits per heavy atom. The SMILES string of the molecule is CCSCCC(C)NC(=O)NC(C(=O)O)c1cnn(C)c1. The number of aliphatic carboxylic acids is 1. The molecular formula is C13H22N4O3S. The average molecular weight is 314 g/mol. The molecule has 0 bridgehead atoms. The standard InChI is InChI=1S/C13H22N4O3S/c1-4-21-6-5-9(2)15-13(20)16-11(12(18)19)10-7-14-17(3)8-10/h7-9,11H,4-6H2,1-3H3,(H,18,19)(H2,15,16,20). The first-order valence-electron chi connectivity index (χ1n) is 6.80. The minimum Gasteiger partial charge on any atom is -0.479 e. The van der Waals surface area contributed by atoms with Gasteiger partial charge in [0.05, 0.1) is 6.20 Å². The number of nitrogens with one attached hydrogen (secondary N) is 2. The van der Waals surface area contributed by atoms with Gasteiger partial charge in [-0.3, -0.25) is 4.68 Å². The van der Waals surface area contributed by atoms with Crippen LogP contribution in [0.1, 0.15) is 31.9 Å². The normalized spacial score (nSPS) is 13.5. The molecule has 0 spiro atoms. The second kappa shape index (κ2) is 8.56. The van der Waals surface area contributed by atoms with Crippen molar-refractivity contribution in [3.05, 3.63) is 18.0 Å². The molecule has 1 rings (SSSR count). The number of carbonyl (C=O) groups is 2. The molecule has 0 aliphatic carbocycles. The first-order valence-corrected chi connectivity index (χ1v) is 7.95. The summed E-state index contributed by atoms with van der Waals surface area (Å²) in [5, 5.41) is 18.3. The molecule has 21 heavy (non-hydrogen) atoms. The molecule has 0 fully saturated rings. The molecule has 2 unspecified atom stereocenters. The van der Waals surface area contributed by atoms with Crippen LogP contribution in [-0.2, 0) is 11.8 Å². The number of hydrogen-bond donors (Lipinski definition) is 3. The van der Waals surface area contributed by atoms with Gasteiger partial charge in [0.1, 0.15) is 0 Å². The summed E-state index contributed by atoms with van der Waals surface area (Å²) in [4.78, 5) is 23.1. The van der Waals surface area contributed by atoms with Crippen LogP contribution in [0.2, 0.25) is 0 Å². The lowest BCUT2D eigenvalue weighted by Gasteiger charge is -2.17. The predicted molar refractivity (Wildman–Crippen MR) is 82.3 cm³/mol. The van der Waals surface area contributed by atoms with Crippen molar-refractivity contribution in [2.75, 3.05) is 11.5 Å². The number of rotatable bonds is 8. The number of carboxylic acids is 1. The van der Waals surface area contributed by atoms with E-state index in [1.807, 2.05) is 6.92 Å². The van der Waals surface area contributed by atoms with Gasteiger partial charge in [0.2, 0.25) is 0 Å². The molecule has 1 aromatic rings. The van der Waals surface area contributed by atoms with Crippen molar-refractivity contribution < 1.29 is 14.7 Å². The Hall–Kier alpha value is -1.70. The van der Waals surface area contributed by atoms with Crippen LogP contribution in [0.3, 0.4) is 0 Å². The summed E-state index contributed by atoms with van der Waals surface area (Å²) in [5.41, 5.74) is 0.439. The Kier molecular flexibility index (Phi) is 7.07. The summed E-state index contributed by atoms with van der Waals surface area (Å²) >= 11 is 1.81. The lowest BCUT2D eigenvalue weighted by molar-refractivity contribution is -0.139. The summed E-state index contributed by atoms with van der Waals surface area (Å²) in [6, 6.07) is -1.59. The summed E-state index contributed by atoms with van der Waals surface area (Å²) < 4.78 is 1.50. The largest absolute Gasteiger partial charge is 0.479 e. The van der Waals surface area contributed by atoms with E-state index in [0.717, 1.165) is 17.9 Å². The van der Waals surface area contributed by atoms with E-state index < -0.39 is 18.0 Å². The lowest BCUT2D eigenvalue weighted by atomic mass is 10.1. The summed E-state index contributed by atoms with van der Waals surface area (Å²) in [6.07, 6.45) is 3.84. The van der Waals surface area contributed by atoms with Crippen LogP contribution < -0.4 is 10.6 Å².